The first-order chi connectivity index (χ1) is 15.5. The summed E-state index contributed by atoms with van der Waals surface area (Å²) in [6, 6.07) is 14.4. The summed E-state index contributed by atoms with van der Waals surface area (Å²) in [5.41, 5.74) is 1.99. The van der Waals surface area contributed by atoms with Crippen molar-refractivity contribution < 1.29 is 9.59 Å². The number of amides is 2. The fourth-order valence-corrected chi connectivity index (χ4v) is 6.08. The van der Waals surface area contributed by atoms with E-state index in [-0.39, 0.29) is 17.9 Å². The second kappa shape index (κ2) is 8.39. The summed E-state index contributed by atoms with van der Waals surface area (Å²) in [4.78, 5) is 29.2. The van der Waals surface area contributed by atoms with Crippen molar-refractivity contribution in [3.63, 3.8) is 0 Å². The molecule has 3 heterocycles. The highest BCUT2D eigenvalue weighted by Crippen LogP contribution is 2.35. The highest BCUT2D eigenvalue weighted by molar-refractivity contribution is 7.17. The number of nitrogens with zero attached hydrogens (tertiary/aromatic N) is 2. The number of hydrogen-bond acceptors (Lipinski definition) is 3. The Morgan fingerprint density at radius 2 is 1.91 bits per heavy atom. The summed E-state index contributed by atoms with van der Waals surface area (Å²) < 4.78 is 3.15. The molecule has 6 heteroatoms. The Labute approximate surface area is 193 Å². The molecule has 1 aromatic carbocycles. The third-order valence-corrected chi connectivity index (χ3v) is 8.21. The summed E-state index contributed by atoms with van der Waals surface area (Å²) in [5, 5.41) is 5.37. The minimum absolute atomic E-state index is 0.0267. The second-order valence-electron chi connectivity index (χ2n) is 9.68. The number of aromatic nitrogens is 1. The lowest BCUT2D eigenvalue weighted by atomic mass is 9.86. The average Bonchev–Trinajstić information content (AvgIpc) is 3.38. The van der Waals surface area contributed by atoms with Crippen LogP contribution in [0.3, 0.4) is 0 Å². The maximum absolute atomic E-state index is 13.7. The topological polar surface area (TPSA) is 54.3 Å². The van der Waals surface area contributed by atoms with Gasteiger partial charge in [-0.2, -0.15) is 0 Å². The van der Waals surface area contributed by atoms with Gasteiger partial charge in [-0.1, -0.05) is 37.3 Å². The number of carbonyl (C=O) groups excluding carboxylic acids is 2. The number of rotatable bonds is 5. The molecule has 1 aliphatic heterocycles. The smallest absolute Gasteiger partial charge is 0.271 e. The van der Waals surface area contributed by atoms with Gasteiger partial charge in [0.25, 0.3) is 5.91 Å². The molecule has 5 nitrogen and oxygen atoms in total. The van der Waals surface area contributed by atoms with Crippen LogP contribution in [0.25, 0.3) is 10.2 Å². The van der Waals surface area contributed by atoms with Gasteiger partial charge in [0.2, 0.25) is 5.91 Å². The summed E-state index contributed by atoms with van der Waals surface area (Å²) in [7, 11) is 0. The van der Waals surface area contributed by atoms with Crippen LogP contribution in [0.2, 0.25) is 0 Å². The monoisotopic (exact) mass is 449 g/mol. The lowest BCUT2D eigenvalue weighted by Crippen LogP contribution is -2.65. The van der Waals surface area contributed by atoms with Crippen molar-refractivity contribution in [1.82, 2.24) is 14.8 Å². The molecule has 0 bridgehead atoms. The molecule has 0 spiro atoms. The van der Waals surface area contributed by atoms with Gasteiger partial charge >= 0.3 is 0 Å². The molecule has 2 aliphatic rings. The molecule has 0 radical (unpaired) electrons. The molecule has 1 fully saturated rings. The molecular weight excluding hydrogens is 418 g/mol. The van der Waals surface area contributed by atoms with Crippen molar-refractivity contribution in [2.45, 2.75) is 64.1 Å². The summed E-state index contributed by atoms with van der Waals surface area (Å²) >= 11 is 1.64. The van der Waals surface area contributed by atoms with Gasteiger partial charge in [0.05, 0.1) is 16.8 Å². The third-order valence-electron chi connectivity index (χ3n) is 7.36. The Hall–Kier alpha value is -2.60. The Morgan fingerprint density at radius 3 is 2.66 bits per heavy atom. The quantitative estimate of drug-likeness (QED) is 0.605. The van der Waals surface area contributed by atoms with Crippen LogP contribution in [-0.2, 0) is 17.8 Å². The molecule has 2 aromatic heterocycles. The number of nitrogens with one attached hydrogen (secondary N) is 1. The molecular formula is C26H31N3O2S. The number of hydrogen-bond donors (Lipinski definition) is 1. The van der Waals surface area contributed by atoms with Crippen molar-refractivity contribution in [2.75, 3.05) is 6.54 Å². The standard InChI is InChI=1S/C26H31N3O2S/c1-18-8-10-20(11-9-18)27-25(31)26(2)17-28-21-13-15-32-23(21)16-22(28)24(30)29(26)14-12-19-6-4-3-5-7-19/h3-7,13,15-16,18,20H,8-12,14,17H2,1-2H3,(H,27,31)/t18?,20?,26-/m1/s1. The summed E-state index contributed by atoms with van der Waals surface area (Å²) in [6.07, 6.45) is 5.06. The fraction of sp³-hybridized carbons (Fsp3) is 0.462. The maximum atomic E-state index is 13.7. The number of fused-ring (bicyclic) bond motifs is 3. The van der Waals surface area contributed by atoms with Crippen LogP contribution >= 0.6 is 11.3 Å². The Morgan fingerprint density at radius 1 is 1.16 bits per heavy atom. The van der Waals surface area contributed by atoms with E-state index in [2.05, 4.69) is 35.0 Å². The van der Waals surface area contributed by atoms with Gasteiger partial charge in [-0.15, -0.1) is 11.3 Å². The van der Waals surface area contributed by atoms with Gasteiger partial charge < -0.3 is 14.8 Å². The van der Waals surface area contributed by atoms with E-state index >= 15 is 0 Å². The van der Waals surface area contributed by atoms with E-state index in [0.717, 1.165) is 48.2 Å². The van der Waals surface area contributed by atoms with Gasteiger partial charge in [-0.25, -0.2) is 0 Å². The Bertz CT molecular complexity index is 1130. The molecule has 1 atom stereocenters. The zero-order valence-corrected chi connectivity index (χ0v) is 19.7. The summed E-state index contributed by atoms with van der Waals surface area (Å²) in [5.74, 6) is 0.651. The van der Waals surface area contributed by atoms with Crippen LogP contribution in [0, 0.1) is 5.92 Å². The molecule has 3 aromatic rings. The average molecular weight is 450 g/mol. The molecule has 32 heavy (non-hydrogen) atoms. The van der Waals surface area contributed by atoms with Crippen molar-refractivity contribution in [3.8, 4) is 0 Å². The first-order valence-electron chi connectivity index (χ1n) is 11.7. The molecule has 2 amide bonds. The van der Waals surface area contributed by atoms with Crippen LogP contribution in [0.15, 0.2) is 47.8 Å². The van der Waals surface area contributed by atoms with E-state index in [0.29, 0.717) is 18.8 Å². The minimum Gasteiger partial charge on any atom is -0.351 e. The lowest BCUT2D eigenvalue weighted by molar-refractivity contribution is -0.133. The van der Waals surface area contributed by atoms with Crippen molar-refractivity contribution in [3.05, 3.63) is 59.1 Å². The lowest BCUT2D eigenvalue weighted by Gasteiger charge is -2.45. The second-order valence-corrected chi connectivity index (χ2v) is 10.6. The van der Waals surface area contributed by atoms with Crippen LogP contribution in [0.1, 0.15) is 55.6 Å². The van der Waals surface area contributed by atoms with Crippen molar-refractivity contribution >= 4 is 33.4 Å². The predicted molar refractivity (Wildman–Crippen MR) is 129 cm³/mol. The maximum Gasteiger partial charge on any atom is 0.271 e. The van der Waals surface area contributed by atoms with E-state index in [1.807, 2.05) is 41.5 Å². The predicted octanol–water partition coefficient (Wildman–Crippen LogP) is 4.85. The molecule has 0 unspecified atom stereocenters. The van der Waals surface area contributed by atoms with Gasteiger partial charge in [-0.05, 0) is 68.0 Å². The van der Waals surface area contributed by atoms with Crippen molar-refractivity contribution in [2.24, 2.45) is 5.92 Å². The normalized spacial score (nSPS) is 25.7. The van der Waals surface area contributed by atoms with Crippen LogP contribution < -0.4 is 5.32 Å². The van der Waals surface area contributed by atoms with E-state index in [4.69, 9.17) is 0 Å². The first-order valence-corrected chi connectivity index (χ1v) is 12.6. The third kappa shape index (κ3) is 3.75. The van der Waals surface area contributed by atoms with Gasteiger partial charge in [0, 0.05) is 12.6 Å². The van der Waals surface area contributed by atoms with Crippen LogP contribution in [0.4, 0.5) is 0 Å². The van der Waals surface area contributed by atoms with Crippen LogP contribution in [0.5, 0.6) is 0 Å². The van der Waals surface area contributed by atoms with E-state index in [1.54, 1.807) is 11.3 Å². The molecule has 1 saturated carbocycles. The molecule has 5 rings (SSSR count). The van der Waals surface area contributed by atoms with Crippen LogP contribution in [-0.4, -0.2) is 39.4 Å². The zero-order chi connectivity index (χ0) is 22.3. The van der Waals surface area contributed by atoms with E-state index in [9.17, 15) is 9.59 Å². The number of benzene rings is 1. The van der Waals surface area contributed by atoms with Crippen molar-refractivity contribution in [1.29, 1.82) is 0 Å². The van der Waals surface area contributed by atoms with E-state index in [1.165, 1.54) is 5.56 Å². The Kier molecular flexibility index (Phi) is 5.58. The highest BCUT2D eigenvalue weighted by Gasteiger charge is 2.48. The first kappa shape index (κ1) is 21.3. The Balaban J connectivity index is 1.45. The molecule has 0 saturated heterocycles. The van der Waals surface area contributed by atoms with Gasteiger partial charge in [0.1, 0.15) is 11.2 Å². The molecule has 168 valence electrons. The number of carbonyl (C=O) groups is 2. The van der Waals surface area contributed by atoms with E-state index < -0.39 is 5.54 Å². The SMILES string of the molecule is CC1CCC(NC(=O)[C@@]2(C)Cn3c(cc4sccc43)C(=O)N2CCc2ccccc2)CC1. The molecule has 1 aliphatic carbocycles. The minimum atomic E-state index is -0.921. The number of thiophene rings is 1. The van der Waals surface area contributed by atoms with Gasteiger partial charge in [-0.3, -0.25) is 9.59 Å². The largest absolute Gasteiger partial charge is 0.351 e. The highest BCUT2D eigenvalue weighted by atomic mass is 32.1. The summed E-state index contributed by atoms with van der Waals surface area (Å²) in [6.45, 7) is 5.23. The zero-order valence-electron chi connectivity index (χ0n) is 18.8. The fourth-order valence-electron chi connectivity index (χ4n) is 5.25. The van der Waals surface area contributed by atoms with Gasteiger partial charge in [0.15, 0.2) is 0 Å². The molecule has 1 N–H and O–H groups in total.